The Balaban J connectivity index is 3.83. The Bertz CT molecular complexity index is 238. The molecule has 3 N–H and O–H groups in total. The van der Waals surface area contributed by atoms with Crippen LogP contribution in [0.2, 0.25) is 0 Å². The first kappa shape index (κ1) is 16.1. The van der Waals surface area contributed by atoms with Crippen LogP contribution < -0.4 is 10.6 Å². The number of rotatable bonds is 9. The number of nitrogens with one attached hydrogen (secondary N) is 2. The van der Waals surface area contributed by atoms with E-state index in [4.69, 9.17) is 9.84 Å². The van der Waals surface area contributed by atoms with Crippen molar-refractivity contribution in [1.29, 1.82) is 0 Å². The quantitative estimate of drug-likeness (QED) is 0.529. The monoisotopic (exact) mass is 264 g/mol. The van der Waals surface area contributed by atoms with E-state index in [1.54, 1.807) is 18.9 Å². The second-order valence-electron chi connectivity index (χ2n) is 3.42. The van der Waals surface area contributed by atoms with Crippen LogP contribution in [0.4, 0.5) is 4.79 Å². The number of urea groups is 1. The van der Waals surface area contributed by atoms with Crippen LogP contribution in [0.15, 0.2) is 0 Å². The normalized spacial score (nSPS) is 11.9. The van der Waals surface area contributed by atoms with Gasteiger partial charge in [0, 0.05) is 20.3 Å². The Hall–Kier alpha value is -0.950. The highest BCUT2D eigenvalue weighted by Gasteiger charge is 2.18. The number of aliphatic carboxylic acids is 1. The molecule has 7 heteroatoms. The van der Waals surface area contributed by atoms with Crippen LogP contribution in [-0.4, -0.2) is 55.4 Å². The van der Waals surface area contributed by atoms with E-state index in [9.17, 15) is 9.59 Å². The molecule has 0 heterocycles. The van der Waals surface area contributed by atoms with E-state index in [0.29, 0.717) is 31.7 Å². The summed E-state index contributed by atoms with van der Waals surface area (Å²) in [5, 5.41) is 13.9. The largest absolute Gasteiger partial charge is 0.480 e. The zero-order valence-electron chi connectivity index (χ0n) is 10.2. The van der Waals surface area contributed by atoms with Gasteiger partial charge in [0.2, 0.25) is 0 Å². The van der Waals surface area contributed by atoms with Crippen LogP contribution in [0.1, 0.15) is 12.8 Å². The lowest BCUT2D eigenvalue weighted by Gasteiger charge is -2.14. The van der Waals surface area contributed by atoms with Gasteiger partial charge in [-0.1, -0.05) is 0 Å². The van der Waals surface area contributed by atoms with Gasteiger partial charge in [0.05, 0.1) is 0 Å². The van der Waals surface area contributed by atoms with E-state index < -0.39 is 18.0 Å². The number of thioether (sulfide) groups is 1. The summed E-state index contributed by atoms with van der Waals surface area (Å²) in [6, 6.07) is -1.28. The van der Waals surface area contributed by atoms with Crippen LogP contribution in [0.25, 0.3) is 0 Å². The molecule has 0 rings (SSSR count). The SMILES string of the molecule is COCCCNC(=O)N[C@H](CCSC)C(=O)O. The van der Waals surface area contributed by atoms with E-state index in [1.807, 2.05) is 6.26 Å². The standard InChI is InChI=1S/C10H20N2O4S/c1-16-6-3-5-11-10(15)12-8(9(13)14)4-7-17-2/h8H,3-7H2,1-2H3,(H,13,14)(H2,11,12,15)/t8-/m1/s1. The maximum Gasteiger partial charge on any atom is 0.326 e. The van der Waals surface area contributed by atoms with Crippen molar-refractivity contribution >= 4 is 23.8 Å². The van der Waals surface area contributed by atoms with Crippen LogP contribution in [0, 0.1) is 0 Å². The van der Waals surface area contributed by atoms with Gasteiger partial charge in [-0.2, -0.15) is 11.8 Å². The van der Waals surface area contributed by atoms with Crippen LogP contribution in [0.3, 0.4) is 0 Å². The Morgan fingerprint density at radius 1 is 1.47 bits per heavy atom. The molecule has 0 radical (unpaired) electrons. The number of carboxylic acids is 1. The number of amides is 2. The molecule has 17 heavy (non-hydrogen) atoms. The minimum Gasteiger partial charge on any atom is -0.480 e. The average Bonchev–Trinajstić information content (AvgIpc) is 2.29. The minimum atomic E-state index is -1.01. The van der Waals surface area contributed by atoms with Gasteiger partial charge in [-0.15, -0.1) is 0 Å². The molecule has 2 amide bonds. The number of carboxylic acid groups (broad SMARTS) is 1. The molecular formula is C10H20N2O4S. The maximum absolute atomic E-state index is 11.4. The van der Waals surface area contributed by atoms with Crippen molar-refractivity contribution < 1.29 is 19.4 Å². The average molecular weight is 264 g/mol. The molecule has 0 aromatic heterocycles. The molecule has 0 aliphatic carbocycles. The van der Waals surface area contributed by atoms with Crippen molar-refractivity contribution in [2.45, 2.75) is 18.9 Å². The Morgan fingerprint density at radius 3 is 2.71 bits per heavy atom. The van der Waals surface area contributed by atoms with Gasteiger partial charge in [-0.25, -0.2) is 9.59 Å². The van der Waals surface area contributed by atoms with Gasteiger partial charge in [0.25, 0.3) is 0 Å². The van der Waals surface area contributed by atoms with Crippen molar-refractivity contribution in [1.82, 2.24) is 10.6 Å². The van der Waals surface area contributed by atoms with Crippen molar-refractivity contribution in [3.05, 3.63) is 0 Å². The summed E-state index contributed by atoms with van der Waals surface area (Å²) in [6.07, 6.45) is 3.01. The van der Waals surface area contributed by atoms with E-state index in [2.05, 4.69) is 10.6 Å². The van der Waals surface area contributed by atoms with Crippen molar-refractivity contribution in [3.63, 3.8) is 0 Å². The van der Waals surface area contributed by atoms with Crippen molar-refractivity contribution in [2.24, 2.45) is 0 Å². The third-order valence-electron chi connectivity index (χ3n) is 2.02. The molecule has 0 aromatic rings. The summed E-state index contributed by atoms with van der Waals surface area (Å²) in [5.41, 5.74) is 0. The third kappa shape index (κ3) is 8.82. The fourth-order valence-corrected chi connectivity index (χ4v) is 1.59. The summed E-state index contributed by atoms with van der Waals surface area (Å²) in [4.78, 5) is 22.2. The van der Waals surface area contributed by atoms with Gasteiger partial charge < -0.3 is 20.5 Å². The summed E-state index contributed by atoms with van der Waals surface area (Å²) >= 11 is 1.55. The fourth-order valence-electron chi connectivity index (χ4n) is 1.12. The first-order chi connectivity index (χ1) is 8.11. The Kier molecular flexibility index (Phi) is 9.65. The summed E-state index contributed by atoms with van der Waals surface area (Å²) in [6.45, 7) is 1.03. The van der Waals surface area contributed by atoms with Gasteiger partial charge >= 0.3 is 12.0 Å². The molecule has 0 saturated heterocycles. The first-order valence-corrected chi connectivity index (χ1v) is 6.76. The number of ether oxygens (including phenoxy) is 1. The van der Waals surface area contributed by atoms with E-state index in [-0.39, 0.29) is 0 Å². The number of methoxy groups -OCH3 is 1. The zero-order valence-corrected chi connectivity index (χ0v) is 11.0. The van der Waals surface area contributed by atoms with Gasteiger partial charge in [-0.05, 0) is 24.9 Å². The third-order valence-corrected chi connectivity index (χ3v) is 2.67. The predicted molar refractivity (Wildman–Crippen MR) is 67.5 cm³/mol. The molecule has 6 nitrogen and oxygen atoms in total. The summed E-state index contributed by atoms with van der Waals surface area (Å²) < 4.78 is 4.83. The summed E-state index contributed by atoms with van der Waals surface area (Å²) in [7, 11) is 1.59. The topological polar surface area (TPSA) is 87.7 Å². The molecule has 1 atom stereocenters. The van der Waals surface area contributed by atoms with E-state index >= 15 is 0 Å². The second kappa shape index (κ2) is 10.2. The van der Waals surface area contributed by atoms with Crippen LogP contribution >= 0.6 is 11.8 Å². The lowest BCUT2D eigenvalue weighted by Crippen LogP contribution is -2.46. The number of hydrogen-bond acceptors (Lipinski definition) is 4. The molecule has 0 aliphatic heterocycles. The van der Waals surface area contributed by atoms with E-state index in [1.165, 1.54) is 0 Å². The number of carbonyl (C=O) groups is 2. The lowest BCUT2D eigenvalue weighted by atomic mass is 10.2. The predicted octanol–water partition coefficient (Wildman–Crippen LogP) is 0.528. The van der Waals surface area contributed by atoms with Gasteiger partial charge in [0.1, 0.15) is 6.04 Å². The number of hydrogen-bond donors (Lipinski definition) is 3. The molecule has 0 aliphatic rings. The Labute approximate surface area is 105 Å². The second-order valence-corrected chi connectivity index (χ2v) is 4.40. The molecule has 0 bridgehead atoms. The molecule has 100 valence electrons. The number of carbonyl (C=O) groups excluding carboxylic acids is 1. The zero-order chi connectivity index (χ0) is 13.1. The smallest absolute Gasteiger partial charge is 0.326 e. The Morgan fingerprint density at radius 2 is 2.18 bits per heavy atom. The first-order valence-electron chi connectivity index (χ1n) is 5.36. The van der Waals surface area contributed by atoms with Crippen LogP contribution in [0.5, 0.6) is 0 Å². The molecule has 0 unspecified atom stereocenters. The summed E-state index contributed by atoms with van der Waals surface area (Å²) in [5.74, 6) is -0.313. The minimum absolute atomic E-state index is 0.419. The maximum atomic E-state index is 11.4. The van der Waals surface area contributed by atoms with Crippen LogP contribution in [-0.2, 0) is 9.53 Å². The van der Waals surface area contributed by atoms with Gasteiger partial charge in [0.15, 0.2) is 0 Å². The highest BCUT2D eigenvalue weighted by molar-refractivity contribution is 7.98. The molecule has 0 aromatic carbocycles. The highest BCUT2D eigenvalue weighted by atomic mass is 32.2. The molecule has 0 spiro atoms. The lowest BCUT2D eigenvalue weighted by molar-refractivity contribution is -0.139. The highest BCUT2D eigenvalue weighted by Crippen LogP contribution is 2.00. The van der Waals surface area contributed by atoms with Crippen molar-refractivity contribution in [3.8, 4) is 0 Å². The fraction of sp³-hybridized carbons (Fsp3) is 0.800. The molecule has 0 saturated carbocycles. The van der Waals surface area contributed by atoms with E-state index in [0.717, 1.165) is 0 Å². The molecular weight excluding hydrogens is 244 g/mol. The van der Waals surface area contributed by atoms with Gasteiger partial charge in [-0.3, -0.25) is 0 Å². The molecule has 0 fully saturated rings. The van der Waals surface area contributed by atoms with Crippen molar-refractivity contribution in [2.75, 3.05) is 32.3 Å².